The van der Waals surface area contributed by atoms with Crippen LogP contribution in [-0.2, 0) is 22.5 Å². The Labute approximate surface area is 225 Å². The van der Waals surface area contributed by atoms with Gasteiger partial charge in [-0.1, -0.05) is 0 Å². The molecular formula is C27H33N7O3S. The van der Waals surface area contributed by atoms with Crippen LogP contribution < -0.4 is 10.6 Å². The Bertz CT molecular complexity index is 1300. The number of aryl methyl sites for hydroxylation is 1. The lowest BCUT2D eigenvalue weighted by atomic mass is 10.1. The zero-order valence-electron chi connectivity index (χ0n) is 21.4. The topological polar surface area (TPSA) is 114 Å². The van der Waals surface area contributed by atoms with Gasteiger partial charge in [0.2, 0.25) is 5.91 Å². The van der Waals surface area contributed by atoms with E-state index in [0.717, 1.165) is 60.5 Å². The predicted molar refractivity (Wildman–Crippen MR) is 144 cm³/mol. The van der Waals surface area contributed by atoms with Crippen molar-refractivity contribution in [3.05, 3.63) is 47.0 Å². The second-order valence-electron chi connectivity index (χ2n) is 10.2. The second kappa shape index (κ2) is 11.3. The number of amides is 2. The van der Waals surface area contributed by atoms with E-state index in [-0.39, 0.29) is 23.8 Å². The first kappa shape index (κ1) is 25.1. The highest BCUT2D eigenvalue weighted by atomic mass is 32.1. The summed E-state index contributed by atoms with van der Waals surface area (Å²) in [5.41, 5.74) is 3.76. The lowest BCUT2D eigenvalue weighted by Crippen LogP contribution is -2.38. The molecule has 3 aromatic rings. The number of hydrogen-bond acceptors (Lipinski definition) is 8. The first-order valence-corrected chi connectivity index (χ1v) is 14.4. The number of carbonyl (C=O) groups is 2. The molecule has 3 aliphatic rings. The summed E-state index contributed by atoms with van der Waals surface area (Å²) in [6, 6.07) is 4.20. The fraction of sp³-hybridized carbons (Fsp3) is 0.519. The third kappa shape index (κ3) is 5.79. The van der Waals surface area contributed by atoms with Crippen LogP contribution in [0.4, 0.5) is 5.69 Å². The molecule has 4 bridgehead atoms. The number of pyridine rings is 1. The van der Waals surface area contributed by atoms with E-state index in [9.17, 15) is 9.59 Å². The Hall–Kier alpha value is -3.15. The molecule has 38 heavy (non-hydrogen) atoms. The number of carbonyl (C=O) groups excluding carboxylic acids is 2. The fourth-order valence-corrected chi connectivity index (χ4v) is 5.84. The Morgan fingerprint density at radius 1 is 1.16 bits per heavy atom. The Kier molecular flexibility index (Phi) is 7.48. The molecular weight excluding hydrogens is 502 g/mol. The van der Waals surface area contributed by atoms with Crippen LogP contribution in [0.25, 0.3) is 10.6 Å². The number of ether oxygens (including phenoxy) is 1. The second-order valence-corrected chi connectivity index (χ2v) is 11.1. The third-order valence-electron chi connectivity index (χ3n) is 7.37. The van der Waals surface area contributed by atoms with Crippen molar-refractivity contribution in [1.82, 2.24) is 30.0 Å². The molecule has 2 fully saturated rings. The first-order chi connectivity index (χ1) is 18.6. The van der Waals surface area contributed by atoms with Crippen molar-refractivity contribution in [3.63, 3.8) is 0 Å². The van der Waals surface area contributed by atoms with Crippen LogP contribution in [0.15, 0.2) is 29.9 Å². The maximum atomic E-state index is 13.2. The van der Waals surface area contributed by atoms with Crippen molar-refractivity contribution in [2.24, 2.45) is 5.92 Å². The summed E-state index contributed by atoms with van der Waals surface area (Å²) < 4.78 is 7.48. The van der Waals surface area contributed by atoms with Crippen molar-refractivity contribution < 1.29 is 14.3 Å². The first-order valence-electron chi connectivity index (χ1n) is 13.5. The Balaban J connectivity index is 1.28. The average Bonchev–Trinajstić information content (AvgIpc) is 3.53. The molecule has 10 nitrogen and oxygen atoms in total. The highest BCUT2D eigenvalue weighted by molar-refractivity contribution is 7.13. The maximum Gasteiger partial charge on any atom is 0.275 e. The number of nitrogens with one attached hydrogen (secondary N) is 2. The van der Waals surface area contributed by atoms with Gasteiger partial charge < -0.3 is 20.3 Å². The summed E-state index contributed by atoms with van der Waals surface area (Å²) in [6.07, 6.45) is 9.12. The van der Waals surface area contributed by atoms with Crippen LogP contribution in [0.5, 0.6) is 0 Å². The summed E-state index contributed by atoms with van der Waals surface area (Å²) in [6.45, 7) is 3.93. The highest BCUT2D eigenvalue weighted by Gasteiger charge is 2.33. The molecule has 0 atom stereocenters. The number of fused-ring (bicyclic) bond motifs is 6. The van der Waals surface area contributed by atoms with Gasteiger partial charge in [-0.3, -0.25) is 19.3 Å². The summed E-state index contributed by atoms with van der Waals surface area (Å²) in [5, 5.41) is 13.9. The third-order valence-corrected chi connectivity index (χ3v) is 8.26. The molecule has 5 heterocycles. The van der Waals surface area contributed by atoms with Gasteiger partial charge in [0, 0.05) is 74.3 Å². The summed E-state index contributed by atoms with van der Waals surface area (Å²) in [4.78, 5) is 37.3. The van der Waals surface area contributed by atoms with Gasteiger partial charge in [0.15, 0.2) is 0 Å². The molecule has 0 radical (unpaired) electrons. The molecule has 200 valence electrons. The minimum atomic E-state index is -0.253. The predicted octanol–water partition coefficient (Wildman–Crippen LogP) is 3.28. The van der Waals surface area contributed by atoms with Gasteiger partial charge in [-0.05, 0) is 50.7 Å². The van der Waals surface area contributed by atoms with E-state index < -0.39 is 0 Å². The number of rotatable bonds is 2. The molecule has 1 saturated heterocycles. The molecule has 2 N–H and O–H groups in total. The fourth-order valence-electron chi connectivity index (χ4n) is 5.04. The molecule has 2 amide bonds. The van der Waals surface area contributed by atoms with Gasteiger partial charge >= 0.3 is 0 Å². The largest absolute Gasteiger partial charge is 0.381 e. The van der Waals surface area contributed by atoms with Gasteiger partial charge in [-0.25, -0.2) is 4.98 Å². The summed E-state index contributed by atoms with van der Waals surface area (Å²) >= 11 is 1.45. The van der Waals surface area contributed by atoms with E-state index in [4.69, 9.17) is 9.84 Å². The van der Waals surface area contributed by atoms with Crippen LogP contribution in [-0.4, -0.2) is 69.3 Å². The van der Waals surface area contributed by atoms with Gasteiger partial charge in [0.1, 0.15) is 10.7 Å². The molecule has 0 unspecified atom stereocenters. The Morgan fingerprint density at radius 2 is 2.03 bits per heavy atom. The lowest BCUT2D eigenvalue weighted by Gasteiger charge is -2.23. The molecule has 1 saturated carbocycles. The van der Waals surface area contributed by atoms with E-state index in [2.05, 4.69) is 20.6 Å². The zero-order valence-corrected chi connectivity index (χ0v) is 22.2. The minimum Gasteiger partial charge on any atom is -0.381 e. The highest BCUT2D eigenvalue weighted by Crippen LogP contribution is 2.31. The number of aromatic nitrogens is 4. The van der Waals surface area contributed by atoms with Crippen molar-refractivity contribution in [2.45, 2.75) is 51.1 Å². The summed E-state index contributed by atoms with van der Waals surface area (Å²) in [5.74, 6) is 0.192. The molecule has 6 rings (SSSR count). The van der Waals surface area contributed by atoms with E-state index in [0.29, 0.717) is 50.8 Å². The average molecular weight is 536 g/mol. The van der Waals surface area contributed by atoms with Crippen molar-refractivity contribution in [3.8, 4) is 10.6 Å². The van der Waals surface area contributed by atoms with Crippen LogP contribution in [0.2, 0.25) is 0 Å². The van der Waals surface area contributed by atoms with Crippen molar-refractivity contribution in [1.29, 1.82) is 0 Å². The molecule has 3 aromatic heterocycles. The number of hydrogen-bond donors (Lipinski definition) is 2. The maximum absolute atomic E-state index is 13.2. The van der Waals surface area contributed by atoms with Gasteiger partial charge in [-0.2, -0.15) is 5.10 Å². The minimum absolute atomic E-state index is 0.186. The molecule has 11 heteroatoms. The van der Waals surface area contributed by atoms with Gasteiger partial charge in [0.05, 0.1) is 17.4 Å². The van der Waals surface area contributed by atoms with E-state index in [1.165, 1.54) is 11.3 Å². The van der Waals surface area contributed by atoms with Crippen LogP contribution in [0.1, 0.15) is 60.0 Å². The van der Waals surface area contributed by atoms with Crippen molar-refractivity contribution in [2.75, 3.05) is 38.2 Å². The van der Waals surface area contributed by atoms with Gasteiger partial charge in [-0.15, -0.1) is 11.3 Å². The normalized spacial score (nSPS) is 19.8. The van der Waals surface area contributed by atoms with Crippen LogP contribution in [0, 0.1) is 5.92 Å². The molecule has 2 aliphatic heterocycles. The standard InChI is InChI=1S/C27H33N7O3S/c35-25-24-17-38-26(31-24)19-5-8-29-20(14-19)2-1-10-33(27(36)18-3-4-18)11-9-28-15-22-23(30-25)16-34(32-22)21-6-12-37-13-7-21/h5,8,14,16-18,21,28H,1-4,6-7,9-13,15H2,(H,30,35). The number of thiazole rings is 1. The monoisotopic (exact) mass is 535 g/mol. The van der Waals surface area contributed by atoms with Gasteiger partial charge in [0.25, 0.3) is 5.91 Å². The van der Waals surface area contributed by atoms with E-state index >= 15 is 0 Å². The van der Waals surface area contributed by atoms with Crippen LogP contribution in [0.3, 0.4) is 0 Å². The number of nitrogens with zero attached hydrogens (tertiary/aromatic N) is 5. The zero-order chi connectivity index (χ0) is 25.9. The van der Waals surface area contributed by atoms with E-state index in [1.807, 2.05) is 27.9 Å². The molecule has 1 aliphatic carbocycles. The van der Waals surface area contributed by atoms with E-state index in [1.54, 1.807) is 11.6 Å². The molecule has 0 spiro atoms. The van der Waals surface area contributed by atoms with Crippen LogP contribution >= 0.6 is 11.3 Å². The molecule has 0 aromatic carbocycles. The number of anilines is 1. The summed E-state index contributed by atoms with van der Waals surface area (Å²) in [7, 11) is 0. The smallest absolute Gasteiger partial charge is 0.275 e. The lowest BCUT2D eigenvalue weighted by molar-refractivity contribution is -0.132. The quantitative estimate of drug-likeness (QED) is 0.518. The Morgan fingerprint density at radius 3 is 2.87 bits per heavy atom. The van der Waals surface area contributed by atoms with Crippen molar-refractivity contribution >= 4 is 28.8 Å². The SMILES string of the molecule is O=C1Nc2cn(C3CCOCC3)nc2CNCCN(C(=O)C2CC2)CCCc2cc(ccn2)-c2nc1cs2.